The van der Waals surface area contributed by atoms with Crippen LogP contribution in [0.15, 0.2) is 24.3 Å². The summed E-state index contributed by atoms with van der Waals surface area (Å²) in [5.41, 5.74) is 2.23. The Balaban J connectivity index is 2.29. The predicted molar refractivity (Wildman–Crippen MR) is 64.9 cm³/mol. The van der Waals surface area contributed by atoms with Gasteiger partial charge < -0.3 is 14.8 Å². The molecule has 2 aromatic rings. The number of methoxy groups -OCH3 is 1. The van der Waals surface area contributed by atoms with Gasteiger partial charge in [0, 0.05) is 17.5 Å². The fourth-order valence-corrected chi connectivity index (χ4v) is 1.99. The fourth-order valence-electron chi connectivity index (χ4n) is 1.99. The lowest BCUT2D eigenvalue weighted by Crippen LogP contribution is -1.92. The lowest BCUT2D eigenvalue weighted by molar-refractivity contribution is 0.284. The maximum atomic E-state index is 8.77. The van der Waals surface area contributed by atoms with Crippen LogP contribution in [0.1, 0.15) is 18.5 Å². The van der Waals surface area contributed by atoms with Gasteiger partial charge in [-0.15, -0.1) is 0 Å². The second kappa shape index (κ2) is 5.03. The van der Waals surface area contributed by atoms with E-state index in [-0.39, 0.29) is 6.61 Å². The molecule has 3 nitrogen and oxygen atoms in total. The van der Waals surface area contributed by atoms with E-state index in [2.05, 4.69) is 11.1 Å². The Hall–Kier alpha value is -1.48. The molecule has 2 rings (SSSR count). The normalized spacial score (nSPS) is 10.9. The third kappa shape index (κ3) is 2.04. The number of rotatable bonds is 5. The zero-order valence-corrected chi connectivity index (χ0v) is 9.49. The molecule has 0 spiro atoms. The van der Waals surface area contributed by atoms with Crippen LogP contribution in [0.4, 0.5) is 0 Å². The molecule has 0 bridgehead atoms. The summed E-state index contributed by atoms with van der Waals surface area (Å²) in [6.45, 7) is 0.253. The molecule has 0 saturated heterocycles. The van der Waals surface area contributed by atoms with E-state index in [4.69, 9.17) is 9.84 Å². The molecule has 0 aliphatic rings. The van der Waals surface area contributed by atoms with E-state index in [0.29, 0.717) is 0 Å². The van der Waals surface area contributed by atoms with Gasteiger partial charge in [0.15, 0.2) is 0 Å². The lowest BCUT2D eigenvalue weighted by Gasteiger charge is -2.02. The van der Waals surface area contributed by atoms with Crippen LogP contribution in [0.25, 0.3) is 10.9 Å². The van der Waals surface area contributed by atoms with Gasteiger partial charge in [0.25, 0.3) is 0 Å². The van der Waals surface area contributed by atoms with E-state index in [1.807, 2.05) is 18.2 Å². The lowest BCUT2D eigenvalue weighted by atomic mass is 10.1. The zero-order chi connectivity index (χ0) is 11.4. The van der Waals surface area contributed by atoms with Crippen molar-refractivity contribution in [2.45, 2.75) is 19.3 Å². The third-order valence-corrected chi connectivity index (χ3v) is 2.77. The van der Waals surface area contributed by atoms with Crippen molar-refractivity contribution in [3.63, 3.8) is 0 Å². The van der Waals surface area contributed by atoms with Crippen LogP contribution >= 0.6 is 0 Å². The number of hydrogen-bond acceptors (Lipinski definition) is 2. The molecule has 0 amide bonds. The molecular formula is C13H17NO2. The number of unbranched alkanes of at least 4 members (excludes halogenated alkanes) is 1. The van der Waals surface area contributed by atoms with E-state index in [1.165, 1.54) is 0 Å². The standard InChI is InChI=1S/C13H17NO2/c1-16-13-10-6-2-3-7-11(10)14-12(13)8-4-5-9-15/h2-3,6-7,14-15H,4-5,8-9H2,1H3. The summed E-state index contributed by atoms with van der Waals surface area (Å²) in [6, 6.07) is 8.12. The van der Waals surface area contributed by atoms with Crippen LogP contribution in [0.5, 0.6) is 5.75 Å². The number of aromatic amines is 1. The number of aliphatic hydroxyl groups excluding tert-OH is 1. The molecule has 2 N–H and O–H groups in total. The Labute approximate surface area is 95.1 Å². The molecule has 0 aliphatic heterocycles. The highest BCUT2D eigenvalue weighted by Gasteiger charge is 2.10. The number of H-pyrrole nitrogens is 1. The number of para-hydroxylation sites is 1. The first-order valence-corrected chi connectivity index (χ1v) is 5.61. The zero-order valence-electron chi connectivity index (χ0n) is 9.49. The molecule has 3 heteroatoms. The van der Waals surface area contributed by atoms with Crippen molar-refractivity contribution in [3.05, 3.63) is 30.0 Å². The number of benzene rings is 1. The minimum atomic E-state index is 0.253. The van der Waals surface area contributed by atoms with Gasteiger partial charge in [0.2, 0.25) is 0 Å². The van der Waals surface area contributed by atoms with Gasteiger partial charge in [0.1, 0.15) is 5.75 Å². The SMILES string of the molecule is COc1c(CCCCO)[nH]c2ccccc12. The molecule has 1 aromatic carbocycles. The van der Waals surface area contributed by atoms with E-state index in [9.17, 15) is 0 Å². The number of aryl methyl sites for hydroxylation is 1. The summed E-state index contributed by atoms with van der Waals surface area (Å²) in [5.74, 6) is 0.938. The van der Waals surface area contributed by atoms with Crippen molar-refractivity contribution in [3.8, 4) is 5.75 Å². The minimum Gasteiger partial charge on any atom is -0.494 e. The van der Waals surface area contributed by atoms with Gasteiger partial charge in [-0.2, -0.15) is 0 Å². The van der Waals surface area contributed by atoms with Crippen LogP contribution < -0.4 is 4.74 Å². The Morgan fingerprint density at radius 2 is 2.06 bits per heavy atom. The summed E-state index contributed by atoms with van der Waals surface area (Å²) in [4.78, 5) is 3.37. The topological polar surface area (TPSA) is 45.2 Å². The van der Waals surface area contributed by atoms with Crippen LogP contribution in [0, 0.1) is 0 Å². The van der Waals surface area contributed by atoms with E-state index in [1.54, 1.807) is 7.11 Å². The average Bonchev–Trinajstić information content (AvgIpc) is 2.67. The Morgan fingerprint density at radius 1 is 1.25 bits per heavy atom. The number of ether oxygens (including phenoxy) is 1. The molecule has 86 valence electrons. The molecule has 0 saturated carbocycles. The van der Waals surface area contributed by atoms with Crippen LogP contribution in [0.2, 0.25) is 0 Å². The Morgan fingerprint density at radius 3 is 2.81 bits per heavy atom. The van der Waals surface area contributed by atoms with E-state index >= 15 is 0 Å². The van der Waals surface area contributed by atoms with Crippen molar-refractivity contribution in [2.75, 3.05) is 13.7 Å². The van der Waals surface area contributed by atoms with E-state index in [0.717, 1.165) is 41.6 Å². The highest BCUT2D eigenvalue weighted by atomic mass is 16.5. The number of aliphatic hydroxyl groups is 1. The number of fused-ring (bicyclic) bond motifs is 1. The molecule has 16 heavy (non-hydrogen) atoms. The van der Waals surface area contributed by atoms with Gasteiger partial charge in [0.05, 0.1) is 12.8 Å². The highest BCUT2D eigenvalue weighted by Crippen LogP contribution is 2.30. The van der Waals surface area contributed by atoms with Gasteiger partial charge in [-0.3, -0.25) is 0 Å². The monoisotopic (exact) mass is 219 g/mol. The van der Waals surface area contributed by atoms with Gasteiger partial charge in [-0.05, 0) is 31.4 Å². The van der Waals surface area contributed by atoms with Crippen LogP contribution in [-0.2, 0) is 6.42 Å². The van der Waals surface area contributed by atoms with Crippen molar-refractivity contribution in [1.82, 2.24) is 4.98 Å². The second-order valence-electron chi connectivity index (χ2n) is 3.86. The molecule has 0 aliphatic carbocycles. The Bertz CT molecular complexity index is 462. The summed E-state index contributed by atoms with van der Waals surface area (Å²) < 4.78 is 5.44. The first-order valence-electron chi connectivity index (χ1n) is 5.61. The molecule has 0 radical (unpaired) electrons. The molecule has 0 fully saturated rings. The number of nitrogens with one attached hydrogen (secondary N) is 1. The number of hydrogen-bond donors (Lipinski definition) is 2. The van der Waals surface area contributed by atoms with Gasteiger partial charge >= 0.3 is 0 Å². The highest BCUT2D eigenvalue weighted by molar-refractivity contribution is 5.87. The molecule has 1 heterocycles. The molecule has 0 atom stereocenters. The first kappa shape index (κ1) is 11.0. The van der Waals surface area contributed by atoms with Gasteiger partial charge in [-0.25, -0.2) is 0 Å². The quantitative estimate of drug-likeness (QED) is 0.759. The fraction of sp³-hybridized carbons (Fsp3) is 0.385. The first-order chi connectivity index (χ1) is 7.86. The van der Waals surface area contributed by atoms with Crippen molar-refractivity contribution in [1.29, 1.82) is 0 Å². The van der Waals surface area contributed by atoms with E-state index < -0.39 is 0 Å². The third-order valence-electron chi connectivity index (χ3n) is 2.77. The second-order valence-corrected chi connectivity index (χ2v) is 3.86. The number of aromatic nitrogens is 1. The predicted octanol–water partition coefficient (Wildman–Crippen LogP) is 2.49. The minimum absolute atomic E-state index is 0.253. The molecular weight excluding hydrogens is 202 g/mol. The maximum Gasteiger partial charge on any atom is 0.147 e. The molecule has 0 unspecified atom stereocenters. The summed E-state index contributed by atoms with van der Waals surface area (Å²) >= 11 is 0. The smallest absolute Gasteiger partial charge is 0.147 e. The van der Waals surface area contributed by atoms with Crippen LogP contribution in [0.3, 0.4) is 0 Å². The van der Waals surface area contributed by atoms with Crippen molar-refractivity contribution >= 4 is 10.9 Å². The summed E-state index contributed by atoms with van der Waals surface area (Å²) in [7, 11) is 1.70. The average molecular weight is 219 g/mol. The summed E-state index contributed by atoms with van der Waals surface area (Å²) in [6.07, 6.45) is 2.72. The maximum absolute atomic E-state index is 8.77. The summed E-state index contributed by atoms with van der Waals surface area (Å²) in [5, 5.41) is 9.90. The van der Waals surface area contributed by atoms with Crippen LogP contribution in [-0.4, -0.2) is 23.8 Å². The largest absolute Gasteiger partial charge is 0.494 e. The van der Waals surface area contributed by atoms with Crippen molar-refractivity contribution < 1.29 is 9.84 Å². The van der Waals surface area contributed by atoms with Gasteiger partial charge in [-0.1, -0.05) is 12.1 Å². The van der Waals surface area contributed by atoms with Crippen molar-refractivity contribution in [2.24, 2.45) is 0 Å². The molecule has 1 aromatic heterocycles. The Kier molecular flexibility index (Phi) is 3.47.